The molecule has 2 amide bonds. The van der Waals surface area contributed by atoms with Crippen LogP contribution >= 0.6 is 0 Å². The SMILES string of the molecule is CC(C)CC(CNC(=O)N1CCCCC1)C(=O)O. The minimum Gasteiger partial charge on any atom is -0.481 e. The van der Waals surface area contributed by atoms with Crippen LogP contribution in [0.3, 0.4) is 0 Å². The van der Waals surface area contributed by atoms with Crippen molar-refractivity contribution < 1.29 is 14.7 Å². The molecule has 0 saturated carbocycles. The van der Waals surface area contributed by atoms with Crippen molar-refractivity contribution in [2.75, 3.05) is 19.6 Å². The molecule has 18 heavy (non-hydrogen) atoms. The highest BCUT2D eigenvalue weighted by Crippen LogP contribution is 2.12. The molecular weight excluding hydrogens is 232 g/mol. The van der Waals surface area contributed by atoms with E-state index in [9.17, 15) is 9.59 Å². The van der Waals surface area contributed by atoms with Crippen LogP contribution in [0.1, 0.15) is 39.5 Å². The fourth-order valence-corrected chi connectivity index (χ4v) is 2.26. The molecule has 0 spiro atoms. The van der Waals surface area contributed by atoms with Crippen molar-refractivity contribution in [2.24, 2.45) is 11.8 Å². The molecule has 1 unspecified atom stereocenters. The highest BCUT2D eigenvalue weighted by atomic mass is 16.4. The minimum absolute atomic E-state index is 0.121. The summed E-state index contributed by atoms with van der Waals surface area (Å²) in [6.07, 6.45) is 3.86. The first-order valence-corrected chi connectivity index (χ1v) is 6.76. The van der Waals surface area contributed by atoms with Crippen molar-refractivity contribution in [1.29, 1.82) is 0 Å². The Bertz CT molecular complexity index is 286. The maximum Gasteiger partial charge on any atom is 0.317 e. The molecule has 5 nitrogen and oxygen atoms in total. The van der Waals surface area contributed by atoms with Gasteiger partial charge in [-0.2, -0.15) is 0 Å². The monoisotopic (exact) mass is 256 g/mol. The van der Waals surface area contributed by atoms with Crippen LogP contribution in [0.25, 0.3) is 0 Å². The van der Waals surface area contributed by atoms with E-state index in [0.717, 1.165) is 25.9 Å². The third-order valence-corrected chi connectivity index (χ3v) is 3.25. The zero-order chi connectivity index (χ0) is 13.5. The van der Waals surface area contributed by atoms with Crippen LogP contribution in [0.15, 0.2) is 0 Å². The molecule has 1 fully saturated rings. The summed E-state index contributed by atoms with van der Waals surface area (Å²) in [5.74, 6) is -1.00. The van der Waals surface area contributed by atoms with Crippen LogP contribution in [0.2, 0.25) is 0 Å². The fraction of sp³-hybridized carbons (Fsp3) is 0.846. The molecule has 0 radical (unpaired) electrons. The van der Waals surface area contributed by atoms with E-state index in [-0.39, 0.29) is 12.6 Å². The zero-order valence-electron chi connectivity index (χ0n) is 11.3. The van der Waals surface area contributed by atoms with Gasteiger partial charge in [0.05, 0.1) is 5.92 Å². The Morgan fingerprint density at radius 3 is 2.33 bits per heavy atom. The number of likely N-dealkylation sites (tertiary alicyclic amines) is 1. The fourth-order valence-electron chi connectivity index (χ4n) is 2.26. The molecule has 5 heteroatoms. The van der Waals surface area contributed by atoms with Crippen molar-refractivity contribution in [3.05, 3.63) is 0 Å². The second-order valence-electron chi connectivity index (χ2n) is 5.40. The summed E-state index contributed by atoms with van der Waals surface area (Å²) < 4.78 is 0. The molecule has 0 aromatic rings. The van der Waals surface area contributed by atoms with E-state index in [4.69, 9.17) is 5.11 Å². The van der Waals surface area contributed by atoms with Crippen molar-refractivity contribution in [1.82, 2.24) is 10.2 Å². The Kier molecular flexibility index (Phi) is 5.95. The number of hydrogen-bond donors (Lipinski definition) is 2. The van der Waals surface area contributed by atoms with Crippen molar-refractivity contribution in [3.63, 3.8) is 0 Å². The highest BCUT2D eigenvalue weighted by molar-refractivity contribution is 5.76. The van der Waals surface area contributed by atoms with Gasteiger partial charge in [0, 0.05) is 19.6 Å². The normalized spacial score (nSPS) is 17.6. The Labute approximate surface area is 109 Å². The predicted molar refractivity (Wildman–Crippen MR) is 69.4 cm³/mol. The van der Waals surface area contributed by atoms with Gasteiger partial charge in [-0.3, -0.25) is 4.79 Å². The standard InChI is InChI=1S/C13H24N2O3/c1-10(2)8-11(12(16)17)9-14-13(18)15-6-4-3-5-7-15/h10-11H,3-9H2,1-2H3,(H,14,18)(H,16,17). The number of nitrogens with one attached hydrogen (secondary N) is 1. The lowest BCUT2D eigenvalue weighted by Gasteiger charge is -2.27. The van der Waals surface area contributed by atoms with Gasteiger partial charge in [0.1, 0.15) is 0 Å². The number of carbonyl (C=O) groups is 2. The van der Waals surface area contributed by atoms with Gasteiger partial charge >= 0.3 is 12.0 Å². The summed E-state index contributed by atoms with van der Waals surface area (Å²) in [6, 6.07) is -0.121. The van der Waals surface area contributed by atoms with E-state index < -0.39 is 11.9 Å². The van der Waals surface area contributed by atoms with Gasteiger partial charge in [-0.1, -0.05) is 13.8 Å². The Hall–Kier alpha value is -1.26. The smallest absolute Gasteiger partial charge is 0.317 e. The van der Waals surface area contributed by atoms with Crippen LogP contribution in [0.4, 0.5) is 4.79 Å². The number of rotatable bonds is 5. The number of carboxylic acids is 1. The summed E-state index contributed by atoms with van der Waals surface area (Å²) in [4.78, 5) is 24.7. The van der Waals surface area contributed by atoms with Crippen molar-refractivity contribution in [2.45, 2.75) is 39.5 Å². The van der Waals surface area contributed by atoms with Gasteiger partial charge in [0.25, 0.3) is 0 Å². The molecule has 0 aromatic carbocycles. The van der Waals surface area contributed by atoms with E-state index >= 15 is 0 Å². The topological polar surface area (TPSA) is 69.6 Å². The summed E-state index contributed by atoms with van der Waals surface area (Å²) in [7, 11) is 0. The van der Waals surface area contributed by atoms with Gasteiger partial charge in [0.2, 0.25) is 0 Å². The number of nitrogens with zero attached hydrogens (tertiary/aromatic N) is 1. The maximum absolute atomic E-state index is 11.8. The van der Waals surface area contributed by atoms with Crippen LogP contribution in [0.5, 0.6) is 0 Å². The molecule has 0 aromatic heterocycles. The van der Waals surface area contributed by atoms with Gasteiger partial charge in [-0.25, -0.2) is 4.79 Å². The largest absolute Gasteiger partial charge is 0.481 e. The van der Waals surface area contributed by atoms with Gasteiger partial charge in [-0.05, 0) is 31.6 Å². The molecule has 1 rings (SSSR count). The van der Waals surface area contributed by atoms with Crippen LogP contribution in [-0.2, 0) is 4.79 Å². The first-order valence-electron chi connectivity index (χ1n) is 6.76. The molecule has 2 N–H and O–H groups in total. The van der Waals surface area contributed by atoms with Crippen molar-refractivity contribution in [3.8, 4) is 0 Å². The number of urea groups is 1. The van der Waals surface area contributed by atoms with Crippen LogP contribution in [-0.4, -0.2) is 41.6 Å². The van der Waals surface area contributed by atoms with Crippen molar-refractivity contribution >= 4 is 12.0 Å². The predicted octanol–water partition coefficient (Wildman–Crippen LogP) is 1.93. The second-order valence-corrected chi connectivity index (χ2v) is 5.40. The molecular formula is C13H24N2O3. The Balaban J connectivity index is 2.36. The van der Waals surface area contributed by atoms with Crippen LogP contribution in [0, 0.1) is 11.8 Å². The van der Waals surface area contributed by atoms with Gasteiger partial charge in [0.15, 0.2) is 0 Å². The summed E-state index contributed by atoms with van der Waals surface area (Å²) >= 11 is 0. The zero-order valence-corrected chi connectivity index (χ0v) is 11.3. The number of amides is 2. The molecule has 1 saturated heterocycles. The lowest BCUT2D eigenvalue weighted by Crippen LogP contribution is -2.45. The van der Waals surface area contributed by atoms with E-state index in [0.29, 0.717) is 12.3 Å². The molecule has 104 valence electrons. The van der Waals surface area contributed by atoms with Crippen LogP contribution < -0.4 is 5.32 Å². The molecule has 1 aliphatic heterocycles. The summed E-state index contributed by atoms with van der Waals surface area (Å²) in [5.41, 5.74) is 0. The average Bonchev–Trinajstić information content (AvgIpc) is 2.34. The first-order chi connectivity index (χ1) is 8.50. The van der Waals surface area contributed by atoms with Gasteiger partial charge in [-0.15, -0.1) is 0 Å². The third-order valence-electron chi connectivity index (χ3n) is 3.25. The lowest BCUT2D eigenvalue weighted by atomic mass is 9.97. The minimum atomic E-state index is -0.831. The maximum atomic E-state index is 11.8. The first kappa shape index (κ1) is 14.8. The quantitative estimate of drug-likeness (QED) is 0.789. The Morgan fingerprint density at radius 1 is 1.22 bits per heavy atom. The van der Waals surface area contributed by atoms with E-state index in [1.165, 1.54) is 6.42 Å². The summed E-state index contributed by atoms with van der Waals surface area (Å²) in [5, 5.41) is 11.8. The lowest BCUT2D eigenvalue weighted by molar-refractivity contribution is -0.142. The van der Waals surface area contributed by atoms with E-state index in [1.54, 1.807) is 4.90 Å². The highest BCUT2D eigenvalue weighted by Gasteiger charge is 2.22. The number of piperidine rings is 1. The molecule has 1 aliphatic rings. The molecule has 0 aliphatic carbocycles. The number of hydrogen-bond acceptors (Lipinski definition) is 2. The molecule has 1 atom stereocenters. The number of aliphatic carboxylic acids is 1. The molecule has 1 heterocycles. The van der Waals surface area contributed by atoms with E-state index in [1.807, 2.05) is 13.8 Å². The summed E-state index contributed by atoms with van der Waals surface area (Å²) in [6.45, 7) is 5.77. The number of carboxylic acid groups (broad SMARTS) is 1. The van der Waals surface area contributed by atoms with E-state index in [2.05, 4.69) is 5.32 Å². The van der Waals surface area contributed by atoms with Gasteiger partial charge < -0.3 is 15.3 Å². The Morgan fingerprint density at radius 2 is 1.83 bits per heavy atom. The molecule has 0 bridgehead atoms. The third kappa shape index (κ3) is 4.94. The average molecular weight is 256 g/mol. The second kappa shape index (κ2) is 7.24. The number of carbonyl (C=O) groups excluding carboxylic acids is 1.